The molecular formula is C11H11BrN2O3. The molecule has 5 nitrogen and oxygen atoms in total. The van der Waals surface area contributed by atoms with Crippen molar-refractivity contribution in [3.05, 3.63) is 22.8 Å². The van der Waals surface area contributed by atoms with Crippen LogP contribution in [0.2, 0.25) is 0 Å². The molecule has 6 heteroatoms. The molecular weight excluding hydrogens is 288 g/mol. The minimum atomic E-state index is -0.395. The smallest absolute Gasteiger partial charge is 0.311 e. The standard InChI is InChI=1S/C11H11BrN2O3/c1-17-11(16)7-5-10(15)14(6-7)9-4-2-3-8(12)13-9/h2-4,7H,5-6H2,1H3. The third-order valence-corrected chi connectivity index (χ3v) is 3.08. The fourth-order valence-corrected chi connectivity index (χ4v) is 2.14. The molecule has 1 amide bonds. The highest BCUT2D eigenvalue weighted by Crippen LogP contribution is 2.25. The number of pyridine rings is 1. The number of methoxy groups -OCH3 is 1. The maximum atomic E-state index is 11.8. The average molecular weight is 299 g/mol. The number of anilines is 1. The lowest BCUT2D eigenvalue weighted by Gasteiger charge is -2.15. The van der Waals surface area contributed by atoms with E-state index in [0.29, 0.717) is 17.0 Å². The molecule has 0 spiro atoms. The van der Waals surface area contributed by atoms with Crippen molar-refractivity contribution in [1.29, 1.82) is 0 Å². The molecule has 1 unspecified atom stereocenters. The van der Waals surface area contributed by atoms with E-state index in [4.69, 9.17) is 0 Å². The number of aromatic nitrogens is 1. The Morgan fingerprint density at radius 1 is 1.59 bits per heavy atom. The molecule has 0 N–H and O–H groups in total. The second-order valence-corrected chi connectivity index (χ2v) is 4.56. The molecule has 1 saturated heterocycles. The number of amides is 1. The predicted molar refractivity (Wildman–Crippen MR) is 64.4 cm³/mol. The van der Waals surface area contributed by atoms with Gasteiger partial charge in [0.1, 0.15) is 10.4 Å². The zero-order valence-electron chi connectivity index (χ0n) is 9.22. The van der Waals surface area contributed by atoms with Gasteiger partial charge in [0.05, 0.1) is 13.0 Å². The van der Waals surface area contributed by atoms with E-state index < -0.39 is 5.92 Å². The minimum Gasteiger partial charge on any atom is -0.469 e. The highest BCUT2D eigenvalue weighted by Gasteiger charge is 2.36. The maximum Gasteiger partial charge on any atom is 0.311 e. The Bertz CT molecular complexity index is 464. The first-order valence-corrected chi connectivity index (χ1v) is 5.92. The second kappa shape index (κ2) is 4.83. The van der Waals surface area contributed by atoms with Crippen molar-refractivity contribution in [2.24, 2.45) is 5.92 Å². The fraction of sp³-hybridized carbons (Fsp3) is 0.364. The largest absolute Gasteiger partial charge is 0.469 e. The summed E-state index contributed by atoms with van der Waals surface area (Å²) >= 11 is 3.25. The van der Waals surface area contributed by atoms with Crippen LogP contribution < -0.4 is 4.90 Å². The summed E-state index contributed by atoms with van der Waals surface area (Å²) in [6.45, 7) is 0.328. The molecule has 0 bridgehead atoms. The molecule has 0 radical (unpaired) electrons. The molecule has 1 aliphatic rings. The predicted octanol–water partition coefficient (Wildman–Crippen LogP) is 1.37. The average Bonchev–Trinajstić information content (AvgIpc) is 2.70. The molecule has 1 aromatic rings. The molecule has 2 heterocycles. The summed E-state index contributed by atoms with van der Waals surface area (Å²) in [6.07, 6.45) is 0.181. The summed E-state index contributed by atoms with van der Waals surface area (Å²) in [5.74, 6) is -0.300. The number of rotatable bonds is 2. The van der Waals surface area contributed by atoms with Crippen molar-refractivity contribution >= 4 is 33.6 Å². The number of hydrogen-bond acceptors (Lipinski definition) is 4. The summed E-state index contributed by atoms with van der Waals surface area (Å²) in [5.41, 5.74) is 0. The summed E-state index contributed by atoms with van der Waals surface area (Å²) in [5, 5.41) is 0. The molecule has 0 aromatic carbocycles. The lowest BCUT2D eigenvalue weighted by Crippen LogP contribution is -2.27. The van der Waals surface area contributed by atoms with Crippen LogP contribution in [0.15, 0.2) is 22.8 Å². The molecule has 1 aliphatic heterocycles. The van der Waals surface area contributed by atoms with Gasteiger partial charge in [-0.1, -0.05) is 6.07 Å². The van der Waals surface area contributed by atoms with E-state index in [-0.39, 0.29) is 18.3 Å². The lowest BCUT2D eigenvalue weighted by atomic mass is 10.1. The van der Waals surface area contributed by atoms with E-state index in [0.717, 1.165) is 0 Å². The zero-order chi connectivity index (χ0) is 12.4. The molecule has 1 fully saturated rings. The van der Waals surface area contributed by atoms with Crippen LogP contribution in [-0.4, -0.2) is 30.5 Å². The Morgan fingerprint density at radius 3 is 3.00 bits per heavy atom. The molecule has 2 rings (SSSR count). The highest BCUT2D eigenvalue weighted by atomic mass is 79.9. The topological polar surface area (TPSA) is 59.5 Å². The number of carbonyl (C=O) groups excluding carboxylic acids is 2. The molecule has 0 saturated carbocycles. The third-order valence-electron chi connectivity index (χ3n) is 2.64. The van der Waals surface area contributed by atoms with Gasteiger partial charge in [-0.3, -0.25) is 14.5 Å². The van der Waals surface area contributed by atoms with E-state index in [2.05, 4.69) is 25.7 Å². The van der Waals surface area contributed by atoms with Crippen LogP contribution in [0.5, 0.6) is 0 Å². The van der Waals surface area contributed by atoms with Crippen LogP contribution in [0.1, 0.15) is 6.42 Å². The molecule has 90 valence electrons. The summed E-state index contributed by atoms with van der Waals surface area (Å²) in [6, 6.07) is 5.31. The highest BCUT2D eigenvalue weighted by molar-refractivity contribution is 9.10. The number of esters is 1. The first-order chi connectivity index (χ1) is 8.11. The van der Waals surface area contributed by atoms with Crippen molar-refractivity contribution in [2.45, 2.75) is 6.42 Å². The van der Waals surface area contributed by atoms with Crippen LogP contribution in [0.25, 0.3) is 0 Å². The molecule has 1 aromatic heterocycles. The van der Waals surface area contributed by atoms with Gasteiger partial charge in [-0.15, -0.1) is 0 Å². The van der Waals surface area contributed by atoms with Crippen LogP contribution >= 0.6 is 15.9 Å². The summed E-state index contributed by atoms with van der Waals surface area (Å²) in [4.78, 5) is 28.9. The van der Waals surface area contributed by atoms with Crippen LogP contribution in [0, 0.1) is 5.92 Å². The minimum absolute atomic E-state index is 0.106. The van der Waals surface area contributed by atoms with Gasteiger partial charge in [-0.25, -0.2) is 4.98 Å². The van der Waals surface area contributed by atoms with Crippen LogP contribution in [-0.2, 0) is 14.3 Å². The van der Waals surface area contributed by atoms with E-state index >= 15 is 0 Å². The van der Waals surface area contributed by atoms with Crippen molar-refractivity contribution < 1.29 is 14.3 Å². The SMILES string of the molecule is COC(=O)C1CC(=O)N(c2cccc(Br)n2)C1. The zero-order valence-corrected chi connectivity index (χ0v) is 10.8. The van der Waals surface area contributed by atoms with Gasteiger partial charge in [0.25, 0.3) is 0 Å². The monoisotopic (exact) mass is 298 g/mol. The molecule has 1 atom stereocenters. The van der Waals surface area contributed by atoms with Gasteiger partial charge in [0, 0.05) is 13.0 Å². The van der Waals surface area contributed by atoms with Gasteiger partial charge in [0.2, 0.25) is 5.91 Å². The van der Waals surface area contributed by atoms with Gasteiger partial charge in [-0.2, -0.15) is 0 Å². The Hall–Kier alpha value is -1.43. The number of hydrogen-bond donors (Lipinski definition) is 0. The van der Waals surface area contributed by atoms with Crippen molar-refractivity contribution in [1.82, 2.24) is 4.98 Å². The van der Waals surface area contributed by atoms with Gasteiger partial charge in [-0.05, 0) is 28.1 Å². The molecule has 17 heavy (non-hydrogen) atoms. The maximum absolute atomic E-state index is 11.8. The van der Waals surface area contributed by atoms with E-state index in [1.54, 1.807) is 18.2 Å². The van der Waals surface area contributed by atoms with Crippen LogP contribution in [0.3, 0.4) is 0 Å². The van der Waals surface area contributed by atoms with Crippen molar-refractivity contribution in [2.75, 3.05) is 18.6 Å². The van der Waals surface area contributed by atoms with Crippen molar-refractivity contribution in [3.8, 4) is 0 Å². The molecule has 0 aliphatic carbocycles. The number of carbonyl (C=O) groups is 2. The Balaban J connectivity index is 2.18. The van der Waals surface area contributed by atoms with E-state index in [9.17, 15) is 9.59 Å². The third kappa shape index (κ3) is 2.46. The van der Waals surface area contributed by atoms with Gasteiger partial charge in [0.15, 0.2) is 0 Å². The lowest BCUT2D eigenvalue weighted by molar-refractivity contribution is -0.145. The summed E-state index contributed by atoms with van der Waals surface area (Å²) in [7, 11) is 1.33. The second-order valence-electron chi connectivity index (χ2n) is 3.75. The quantitative estimate of drug-likeness (QED) is 0.611. The van der Waals surface area contributed by atoms with Crippen molar-refractivity contribution in [3.63, 3.8) is 0 Å². The van der Waals surface area contributed by atoms with Gasteiger partial charge >= 0.3 is 5.97 Å². The van der Waals surface area contributed by atoms with Gasteiger partial charge < -0.3 is 4.74 Å². The summed E-state index contributed by atoms with van der Waals surface area (Å²) < 4.78 is 5.30. The number of ether oxygens (including phenoxy) is 1. The first kappa shape index (κ1) is 12.0. The Kier molecular flexibility index (Phi) is 3.42. The Labute approximate surface area is 107 Å². The fourth-order valence-electron chi connectivity index (χ4n) is 1.80. The number of nitrogens with zero attached hydrogens (tertiary/aromatic N) is 2. The van der Waals surface area contributed by atoms with E-state index in [1.807, 2.05) is 0 Å². The van der Waals surface area contributed by atoms with Crippen LogP contribution in [0.4, 0.5) is 5.82 Å². The normalized spacial score (nSPS) is 19.5. The first-order valence-electron chi connectivity index (χ1n) is 5.12. The Morgan fingerprint density at radius 2 is 2.35 bits per heavy atom. The number of halogens is 1. The van der Waals surface area contributed by atoms with E-state index in [1.165, 1.54) is 12.0 Å².